The van der Waals surface area contributed by atoms with E-state index in [0.717, 1.165) is 42.5 Å². The molecule has 3 heterocycles. The van der Waals surface area contributed by atoms with Crippen molar-refractivity contribution in [2.45, 2.75) is 50.1 Å². The number of aryl methyl sites for hydroxylation is 1. The van der Waals surface area contributed by atoms with E-state index in [4.69, 9.17) is 0 Å². The first-order valence-corrected chi connectivity index (χ1v) is 15.7. The number of Topliss-reactive ketones (excluding diaryl/α,β-unsaturated/α-hetero) is 2. The molecule has 4 aromatic rings. The van der Waals surface area contributed by atoms with Crippen molar-refractivity contribution in [1.29, 1.82) is 0 Å². The fourth-order valence-electron chi connectivity index (χ4n) is 7.63. The molecule has 0 saturated carbocycles. The minimum Gasteiger partial charge on any atom is -0.352 e. The number of para-hydroxylation sites is 2. The van der Waals surface area contributed by atoms with Crippen LogP contribution in [0, 0.1) is 16.0 Å². The van der Waals surface area contributed by atoms with E-state index in [-0.39, 0.29) is 28.7 Å². The normalized spacial score (nSPS) is 22.2. The molecule has 0 radical (unpaired) electrons. The third-order valence-corrected chi connectivity index (χ3v) is 9.76. The third kappa shape index (κ3) is 4.47. The molecule has 1 amide bonds. The van der Waals surface area contributed by atoms with Crippen LogP contribution in [-0.2, 0) is 16.6 Å². The summed E-state index contributed by atoms with van der Waals surface area (Å²) >= 11 is 0. The third-order valence-electron chi connectivity index (χ3n) is 9.76. The zero-order valence-corrected chi connectivity index (χ0v) is 25.4. The maximum Gasteiger partial charge on any atom is 0.269 e. The fraction of sp³-hybridized carbons (Fsp3) is 0.237. The van der Waals surface area contributed by atoms with Gasteiger partial charge in [-0.1, -0.05) is 92.6 Å². The van der Waals surface area contributed by atoms with Crippen molar-refractivity contribution in [3.8, 4) is 0 Å². The fourth-order valence-corrected chi connectivity index (χ4v) is 7.63. The lowest BCUT2D eigenvalue weighted by atomic mass is 9.64. The second kappa shape index (κ2) is 11.5. The van der Waals surface area contributed by atoms with E-state index in [0.29, 0.717) is 16.8 Å². The summed E-state index contributed by atoms with van der Waals surface area (Å²) in [6, 6.07) is 26.3. The number of nitro benzene ring substituents is 1. The lowest BCUT2D eigenvalue weighted by Crippen LogP contribution is -2.51. The van der Waals surface area contributed by atoms with Crippen molar-refractivity contribution in [3.05, 3.63) is 141 Å². The maximum atomic E-state index is 15.0. The molecule has 4 aromatic carbocycles. The molecule has 230 valence electrons. The number of carbonyl (C=O) groups excluding carboxylic acids is 3. The van der Waals surface area contributed by atoms with Crippen LogP contribution >= 0.6 is 0 Å². The molecule has 0 aliphatic carbocycles. The van der Waals surface area contributed by atoms with Gasteiger partial charge in [-0.05, 0) is 53.8 Å². The molecule has 3 aliphatic rings. The number of nitrogens with one attached hydrogen (secondary N) is 1. The first-order valence-electron chi connectivity index (χ1n) is 15.7. The molecule has 8 nitrogen and oxygen atoms in total. The Morgan fingerprint density at radius 1 is 0.870 bits per heavy atom. The van der Waals surface area contributed by atoms with E-state index in [2.05, 4.69) is 12.2 Å². The van der Waals surface area contributed by atoms with Gasteiger partial charge in [-0.3, -0.25) is 24.5 Å². The SMILES string of the molecule is CCCCCc1ccc(C(=O)[C@@H]2[C@@H](C(=O)c3ccc([N+](=O)[O-])cc3)N3c4ccccc4C=C[C@@H]3[C@]23C(=O)Nc2ccccc23)cc1. The summed E-state index contributed by atoms with van der Waals surface area (Å²) in [5.41, 5.74) is 3.13. The Balaban J connectivity index is 1.43. The van der Waals surface area contributed by atoms with Crippen LogP contribution in [0.3, 0.4) is 0 Å². The molecule has 7 rings (SSSR count). The van der Waals surface area contributed by atoms with Gasteiger partial charge in [-0.25, -0.2) is 0 Å². The van der Waals surface area contributed by atoms with Gasteiger partial charge in [0.1, 0.15) is 11.5 Å². The van der Waals surface area contributed by atoms with Crippen LogP contribution in [0.25, 0.3) is 6.08 Å². The molecular weight excluding hydrogens is 578 g/mol. The lowest BCUT2D eigenvalue weighted by molar-refractivity contribution is -0.384. The van der Waals surface area contributed by atoms with E-state index in [9.17, 15) is 19.7 Å². The van der Waals surface area contributed by atoms with Crippen molar-refractivity contribution >= 4 is 40.6 Å². The summed E-state index contributed by atoms with van der Waals surface area (Å²) in [7, 11) is 0. The summed E-state index contributed by atoms with van der Waals surface area (Å²) < 4.78 is 0. The van der Waals surface area contributed by atoms with E-state index >= 15 is 4.79 Å². The van der Waals surface area contributed by atoms with Gasteiger partial charge < -0.3 is 10.2 Å². The number of carbonyl (C=O) groups is 3. The Morgan fingerprint density at radius 2 is 1.54 bits per heavy atom. The minimum atomic E-state index is -1.42. The molecule has 1 spiro atoms. The number of anilines is 2. The topological polar surface area (TPSA) is 110 Å². The number of unbranched alkanes of at least 4 members (excludes halogenated alkanes) is 2. The largest absolute Gasteiger partial charge is 0.352 e. The van der Waals surface area contributed by atoms with E-state index in [1.165, 1.54) is 24.3 Å². The highest BCUT2D eigenvalue weighted by molar-refractivity contribution is 6.18. The van der Waals surface area contributed by atoms with Gasteiger partial charge >= 0.3 is 0 Å². The number of ketones is 2. The predicted octanol–water partition coefficient (Wildman–Crippen LogP) is 7.18. The van der Waals surface area contributed by atoms with Gasteiger partial charge in [0, 0.05) is 34.6 Å². The van der Waals surface area contributed by atoms with Gasteiger partial charge in [-0.2, -0.15) is 0 Å². The molecule has 8 heteroatoms. The monoisotopic (exact) mass is 611 g/mol. The molecule has 46 heavy (non-hydrogen) atoms. The Labute approximate surface area is 266 Å². The predicted molar refractivity (Wildman–Crippen MR) is 177 cm³/mol. The molecule has 3 aliphatic heterocycles. The molecule has 4 atom stereocenters. The van der Waals surface area contributed by atoms with Gasteiger partial charge in [0.05, 0.1) is 16.9 Å². The van der Waals surface area contributed by atoms with Crippen LogP contribution in [0.2, 0.25) is 0 Å². The van der Waals surface area contributed by atoms with Gasteiger partial charge in [0.25, 0.3) is 5.69 Å². The van der Waals surface area contributed by atoms with E-state index < -0.39 is 28.3 Å². The van der Waals surface area contributed by atoms with Crippen molar-refractivity contribution in [3.63, 3.8) is 0 Å². The molecule has 1 N–H and O–H groups in total. The Morgan fingerprint density at radius 3 is 2.28 bits per heavy atom. The molecule has 1 fully saturated rings. The van der Waals surface area contributed by atoms with Crippen LogP contribution in [-0.4, -0.2) is 34.5 Å². The van der Waals surface area contributed by atoms with Crippen molar-refractivity contribution < 1.29 is 19.3 Å². The van der Waals surface area contributed by atoms with Crippen molar-refractivity contribution in [2.75, 3.05) is 10.2 Å². The highest BCUT2D eigenvalue weighted by atomic mass is 16.6. The molecular formula is C38H33N3O5. The molecule has 0 bridgehead atoms. The van der Waals surface area contributed by atoms with E-state index in [1.807, 2.05) is 89.8 Å². The molecule has 1 saturated heterocycles. The van der Waals surface area contributed by atoms with E-state index in [1.54, 1.807) is 0 Å². The van der Waals surface area contributed by atoms with Crippen LogP contribution in [0.15, 0.2) is 103 Å². The smallest absolute Gasteiger partial charge is 0.269 e. The second-order valence-corrected chi connectivity index (χ2v) is 12.2. The number of hydrogen-bond acceptors (Lipinski definition) is 6. The average Bonchev–Trinajstić information content (AvgIpc) is 3.56. The number of non-ortho nitro benzene ring substituents is 1. The number of fused-ring (bicyclic) bond motifs is 6. The zero-order chi connectivity index (χ0) is 32.0. The first kappa shape index (κ1) is 29.3. The van der Waals surface area contributed by atoms with Gasteiger partial charge in [0.2, 0.25) is 5.91 Å². The maximum absolute atomic E-state index is 15.0. The Kier molecular flexibility index (Phi) is 7.35. The number of benzene rings is 4. The number of nitrogens with zero attached hydrogens (tertiary/aromatic N) is 2. The number of hydrogen-bond donors (Lipinski definition) is 1. The second-order valence-electron chi connectivity index (χ2n) is 12.2. The summed E-state index contributed by atoms with van der Waals surface area (Å²) in [6.07, 6.45) is 8.09. The van der Waals surface area contributed by atoms with Crippen LogP contribution in [0.1, 0.15) is 63.6 Å². The zero-order valence-electron chi connectivity index (χ0n) is 25.4. The quantitative estimate of drug-likeness (QED) is 0.0929. The highest BCUT2D eigenvalue weighted by Gasteiger charge is 2.70. The first-order chi connectivity index (χ1) is 22.4. The molecule has 0 aromatic heterocycles. The highest BCUT2D eigenvalue weighted by Crippen LogP contribution is 2.58. The summed E-state index contributed by atoms with van der Waals surface area (Å²) in [6.45, 7) is 2.16. The Bertz CT molecular complexity index is 1900. The Hall–Kier alpha value is -5.37. The number of nitro groups is 1. The number of rotatable bonds is 9. The minimum absolute atomic E-state index is 0.140. The number of amides is 1. The van der Waals surface area contributed by atoms with Crippen LogP contribution in [0.5, 0.6) is 0 Å². The lowest BCUT2D eigenvalue weighted by Gasteiger charge is -2.37. The summed E-state index contributed by atoms with van der Waals surface area (Å²) in [5, 5.41) is 14.4. The molecule has 0 unspecified atom stereocenters. The standard InChI is InChI=1S/C38H33N3O5/c1-2-3-4-9-24-14-16-26(17-15-24)35(42)33-34(36(43)27-18-21-28(22-19-27)41(45)46)40-31-13-8-5-10-25(31)20-23-32(40)38(33)29-11-6-7-12-30(29)39-37(38)44/h5-8,10-23,32-34H,2-4,9H2,1H3,(H,39,44)/t32-,33+,34+,38+/m1/s1. The van der Waals surface area contributed by atoms with Gasteiger partial charge in [-0.15, -0.1) is 0 Å². The summed E-state index contributed by atoms with van der Waals surface area (Å²) in [4.78, 5) is 57.1. The average molecular weight is 612 g/mol. The van der Waals surface area contributed by atoms with Crippen molar-refractivity contribution in [1.82, 2.24) is 0 Å². The van der Waals surface area contributed by atoms with Crippen LogP contribution in [0.4, 0.5) is 17.1 Å². The van der Waals surface area contributed by atoms with Crippen LogP contribution < -0.4 is 10.2 Å². The van der Waals surface area contributed by atoms with Crippen molar-refractivity contribution in [2.24, 2.45) is 5.92 Å². The van der Waals surface area contributed by atoms with Gasteiger partial charge in [0.15, 0.2) is 11.6 Å². The summed E-state index contributed by atoms with van der Waals surface area (Å²) in [5.74, 6) is -2.12.